The van der Waals surface area contributed by atoms with E-state index in [0.29, 0.717) is 24.5 Å². The molecule has 0 radical (unpaired) electrons. The molecule has 0 saturated heterocycles. The van der Waals surface area contributed by atoms with E-state index in [2.05, 4.69) is 10.3 Å². The lowest BCUT2D eigenvalue weighted by atomic mass is 9.80. The SMILES string of the molecule is CCOC1CC(CC(=O)Nc2nc3c(o2)CCCC3)C1. The number of aromatic nitrogens is 1. The lowest BCUT2D eigenvalue weighted by molar-refractivity contribution is -0.119. The lowest BCUT2D eigenvalue weighted by Crippen LogP contribution is -2.33. The lowest BCUT2D eigenvalue weighted by Gasteiger charge is -2.34. The predicted molar refractivity (Wildman–Crippen MR) is 74.5 cm³/mol. The summed E-state index contributed by atoms with van der Waals surface area (Å²) in [7, 11) is 0. The third-order valence-corrected chi connectivity index (χ3v) is 4.16. The van der Waals surface area contributed by atoms with E-state index in [-0.39, 0.29) is 5.91 Å². The second-order valence-electron chi connectivity index (χ2n) is 5.76. The highest BCUT2D eigenvalue weighted by Crippen LogP contribution is 2.33. The molecule has 0 atom stereocenters. The zero-order valence-electron chi connectivity index (χ0n) is 12.0. The summed E-state index contributed by atoms with van der Waals surface area (Å²) < 4.78 is 11.1. The van der Waals surface area contributed by atoms with Crippen LogP contribution >= 0.6 is 0 Å². The molecular formula is C15H22N2O3. The highest BCUT2D eigenvalue weighted by molar-refractivity contribution is 5.88. The zero-order valence-corrected chi connectivity index (χ0v) is 12.0. The maximum Gasteiger partial charge on any atom is 0.301 e. The van der Waals surface area contributed by atoms with Gasteiger partial charge >= 0.3 is 6.01 Å². The second kappa shape index (κ2) is 5.95. The molecule has 1 heterocycles. The number of oxazole rings is 1. The summed E-state index contributed by atoms with van der Waals surface area (Å²) in [6.07, 6.45) is 7.09. The van der Waals surface area contributed by atoms with Crippen molar-refractivity contribution in [1.82, 2.24) is 4.98 Å². The molecule has 0 aromatic carbocycles. The van der Waals surface area contributed by atoms with Gasteiger partial charge in [-0.3, -0.25) is 10.1 Å². The number of aryl methyl sites for hydroxylation is 2. The molecule has 0 aliphatic heterocycles. The Morgan fingerprint density at radius 2 is 2.20 bits per heavy atom. The fraction of sp³-hybridized carbons (Fsp3) is 0.733. The molecule has 1 aromatic rings. The van der Waals surface area contributed by atoms with Gasteiger partial charge in [0.05, 0.1) is 11.8 Å². The Hall–Kier alpha value is -1.36. The van der Waals surface area contributed by atoms with Gasteiger partial charge in [-0.25, -0.2) is 0 Å². The minimum Gasteiger partial charge on any atom is -0.428 e. The van der Waals surface area contributed by atoms with Gasteiger partial charge in [0.1, 0.15) is 5.76 Å². The van der Waals surface area contributed by atoms with Crippen LogP contribution < -0.4 is 5.32 Å². The first kappa shape index (κ1) is 13.6. The minimum absolute atomic E-state index is 0.00328. The molecule has 1 fully saturated rings. The average molecular weight is 278 g/mol. The highest BCUT2D eigenvalue weighted by Gasteiger charge is 2.31. The molecule has 5 nitrogen and oxygen atoms in total. The Balaban J connectivity index is 1.46. The molecule has 110 valence electrons. The molecule has 1 amide bonds. The van der Waals surface area contributed by atoms with E-state index in [1.165, 1.54) is 0 Å². The van der Waals surface area contributed by atoms with Crippen molar-refractivity contribution in [1.29, 1.82) is 0 Å². The first-order chi connectivity index (χ1) is 9.74. The summed E-state index contributed by atoms with van der Waals surface area (Å²) in [4.78, 5) is 16.3. The number of hydrogen-bond donors (Lipinski definition) is 1. The van der Waals surface area contributed by atoms with Crippen LogP contribution in [0.3, 0.4) is 0 Å². The van der Waals surface area contributed by atoms with E-state index >= 15 is 0 Å². The van der Waals surface area contributed by atoms with Crippen molar-refractivity contribution in [2.75, 3.05) is 11.9 Å². The molecule has 1 N–H and O–H groups in total. The third kappa shape index (κ3) is 3.03. The fourth-order valence-corrected chi connectivity index (χ4v) is 3.05. The number of anilines is 1. The Kier molecular flexibility index (Phi) is 4.05. The number of rotatable bonds is 5. The molecule has 2 aliphatic carbocycles. The van der Waals surface area contributed by atoms with Crippen LogP contribution in [0.15, 0.2) is 4.42 Å². The van der Waals surface area contributed by atoms with E-state index < -0.39 is 0 Å². The number of nitrogens with zero attached hydrogens (tertiary/aromatic N) is 1. The van der Waals surface area contributed by atoms with Crippen molar-refractivity contribution in [2.24, 2.45) is 5.92 Å². The normalized spacial score (nSPS) is 24.9. The molecule has 0 spiro atoms. The van der Waals surface area contributed by atoms with Crippen molar-refractivity contribution in [3.63, 3.8) is 0 Å². The molecule has 0 unspecified atom stereocenters. The Morgan fingerprint density at radius 3 is 2.95 bits per heavy atom. The molecular weight excluding hydrogens is 256 g/mol. The van der Waals surface area contributed by atoms with Crippen LogP contribution in [0.2, 0.25) is 0 Å². The molecule has 2 aliphatic rings. The van der Waals surface area contributed by atoms with Crippen molar-refractivity contribution in [3.8, 4) is 0 Å². The van der Waals surface area contributed by atoms with Crippen LogP contribution in [-0.4, -0.2) is 23.6 Å². The van der Waals surface area contributed by atoms with Crippen molar-refractivity contribution in [2.45, 2.75) is 58.0 Å². The van der Waals surface area contributed by atoms with Crippen LogP contribution in [0.25, 0.3) is 0 Å². The first-order valence-electron chi connectivity index (χ1n) is 7.64. The topological polar surface area (TPSA) is 64.4 Å². The standard InChI is InChI=1S/C15H22N2O3/c1-2-19-11-7-10(8-11)9-14(18)17-15-16-12-5-3-4-6-13(12)20-15/h10-11H,2-9H2,1H3,(H,16,17,18). The van der Waals surface area contributed by atoms with Crippen molar-refractivity contribution >= 4 is 11.9 Å². The average Bonchev–Trinajstić information content (AvgIpc) is 2.78. The second-order valence-corrected chi connectivity index (χ2v) is 5.76. The van der Waals surface area contributed by atoms with Crippen molar-refractivity contribution < 1.29 is 13.9 Å². The number of fused-ring (bicyclic) bond motifs is 1. The number of ether oxygens (including phenoxy) is 1. The van der Waals surface area contributed by atoms with Gasteiger partial charge in [0.2, 0.25) is 5.91 Å². The number of amides is 1. The Labute approximate surface area is 119 Å². The maximum atomic E-state index is 11.9. The maximum absolute atomic E-state index is 11.9. The van der Waals surface area contributed by atoms with Crippen LogP contribution in [0, 0.1) is 5.92 Å². The number of carbonyl (C=O) groups is 1. The quantitative estimate of drug-likeness (QED) is 0.899. The molecule has 1 saturated carbocycles. The van der Waals surface area contributed by atoms with Gasteiger partial charge in [-0.15, -0.1) is 0 Å². The summed E-state index contributed by atoms with van der Waals surface area (Å²) in [5.41, 5.74) is 1.02. The number of hydrogen-bond acceptors (Lipinski definition) is 4. The van der Waals surface area contributed by atoms with Gasteiger partial charge in [0, 0.05) is 19.4 Å². The summed E-state index contributed by atoms with van der Waals surface area (Å²) >= 11 is 0. The molecule has 3 rings (SSSR count). The third-order valence-electron chi connectivity index (χ3n) is 4.16. The van der Waals surface area contributed by atoms with Gasteiger partial charge < -0.3 is 9.15 Å². The smallest absolute Gasteiger partial charge is 0.301 e. The van der Waals surface area contributed by atoms with Gasteiger partial charge in [-0.1, -0.05) is 0 Å². The summed E-state index contributed by atoms with van der Waals surface area (Å²) in [6.45, 7) is 2.76. The van der Waals surface area contributed by atoms with E-state index in [9.17, 15) is 4.79 Å². The van der Waals surface area contributed by atoms with Gasteiger partial charge in [-0.05, 0) is 44.9 Å². The van der Waals surface area contributed by atoms with Gasteiger partial charge in [0.25, 0.3) is 0 Å². The molecule has 0 bridgehead atoms. The summed E-state index contributed by atoms with van der Waals surface area (Å²) in [5, 5.41) is 2.79. The monoisotopic (exact) mass is 278 g/mol. The Bertz CT molecular complexity index is 454. The predicted octanol–water partition coefficient (Wildman–Crippen LogP) is 2.70. The zero-order chi connectivity index (χ0) is 13.9. The van der Waals surface area contributed by atoms with Crippen LogP contribution in [-0.2, 0) is 22.4 Å². The van der Waals surface area contributed by atoms with Gasteiger partial charge in [-0.2, -0.15) is 4.98 Å². The van der Waals surface area contributed by atoms with Crippen molar-refractivity contribution in [3.05, 3.63) is 11.5 Å². The number of carbonyl (C=O) groups excluding carboxylic acids is 1. The minimum atomic E-state index is 0.00328. The van der Waals surface area contributed by atoms with E-state index in [0.717, 1.165) is 56.6 Å². The Morgan fingerprint density at radius 1 is 1.40 bits per heavy atom. The fourth-order valence-electron chi connectivity index (χ4n) is 3.05. The van der Waals surface area contributed by atoms with Gasteiger partial charge in [0.15, 0.2) is 0 Å². The highest BCUT2D eigenvalue weighted by atomic mass is 16.5. The van der Waals surface area contributed by atoms with E-state index in [1.54, 1.807) is 0 Å². The molecule has 20 heavy (non-hydrogen) atoms. The first-order valence-corrected chi connectivity index (χ1v) is 7.64. The molecule has 5 heteroatoms. The van der Waals surface area contributed by atoms with Crippen LogP contribution in [0.5, 0.6) is 0 Å². The van der Waals surface area contributed by atoms with E-state index in [1.807, 2.05) is 6.92 Å². The number of nitrogens with one attached hydrogen (secondary N) is 1. The van der Waals surface area contributed by atoms with Crippen LogP contribution in [0.1, 0.15) is 50.5 Å². The molecule has 1 aromatic heterocycles. The summed E-state index contributed by atoms with van der Waals surface area (Å²) in [5.74, 6) is 1.39. The largest absolute Gasteiger partial charge is 0.428 e. The van der Waals surface area contributed by atoms with Crippen LogP contribution in [0.4, 0.5) is 6.01 Å². The summed E-state index contributed by atoms with van der Waals surface area (Å²) in [6, 6.07) is 0.377. The van der Waals surface area contributed by atoms with E-state index in [4.69, 9.17) is 9.15 Å².